The van der Waals surface area contributed by atoms with Crippen molar-refractivity contribution < 1.29 is 23.4 Å². The third kappa shape index (κ3) is 3.12. The SMILES string of the molecule is O=C1c2c(O)c(=O)ccn2N([C@@H]2c3ccccc3-c3scnc3-c3c2ccc(F)c3F)[C@@H]2CCOCCN12. The Morgan fingerprint density at radius 3 is 2.76 bits per heavy atom. The van der Waals surface area contributed by atoms with Crippen LogP contribution in [0, 0.1) is 11.6 Å². The minimum Gasteiger partial charge on any atom is -0.502 e. The van der Waals surface area contributed by atoms with E-state index < -0.39 is 40.9 Å². The average molecular weight is 535 g/mol. The minimum atomic E-state index is -1.01. The van der Waals surface area contributed by atoms with Gasteiger partial charge in [0.25, 0.3) is 5.91 Å². The lowest BCUT2D eigenvalue weighted by Crippen LogP contribution is -2.62. The maximum absolute atomic E-state index is 15.7. The van der Waals surface area contributed by atoms with Crippen molar-refractivity contribution in [1.82, 2.24) is 14.6 Å². The van der Waals surface area contributed by atoms with Gasteiger partial charge in [0.1, 0.15) is 6.17 Å². The molecule has 38 heavy (non-hydrogen) atoms. The number of ether oxygens (including phenoxy) is 1. The van der Waals surface area contributed by atoms with Crippen LogP contribution in [0.1, 0.15) is 34.1 Å². The van der Waals surface area contributed by atoms with E-state index in [0.29, 0.717) is 29.2 Å². The number of nitrogens with zero attached hydrogens (tertiary/aromatic N) is 4. The van der Waals surface area contributed by atoms with Gasteiger partial charge in [0.15, 0.2) is 23.1 Å². The van der Waals surface area contributed by atoms with E-state index >= 15 is 4.39 Å². The molecule has 3 aliphatic rings. The fourth-order valence-electron chi connectivity index (χ4n) is 5.80. The van der Waals surface area contributed by atoms with E-state index in [4.69, 9.17) is 4.74 Å². The highest BCUT2D eigenvalue weighted by Gasteiger charge is 2.46. The summed E-state index contributed by atoms with van der Waals surface area (Å²) in [5.41, 5.74) is 3.15. The zero-order chi connectivity index (χ0) is 26.1. The number of hydrogen-bond donors (Lipinski definition) is 1. The molecule has 1 amide bonds. The van der Waals surface area contributed by atoms with Gasteiger partial charge < -0.3 is 14.7 Å². The van der Waals surface area contributed by atoms with E-state index in [1.54, 1.807) is 16.5 Å². The van der Waals surface area contributed by atoms with Gasteiger partial charge in [-0.25, -0.2) is 13.8 Å². The van der Waals surface area contributed by atoms with Crippen LogP contribution in [-0.2, 0) is 4.74 Å². The molecule has 11 heteroatoms. The standard InChI is InChI=1S/C27H20F2N4O4S/c28-17-6-5-16-20(21(17)29)22-26(38-13-30-22)15-4-2-1-3-14(15)23(16)33-19-8-11-37-12-10-31(19)27(36)24-25(35)18(34)7-9-32(24)33/h1-7,9,13,19,23,35H,8,10-12H2/t19-,23-/m1/s1. The molecule has 1 saturated heterocycles. The molecule has 192 valence electrons. The van der Waals surface area contributed by atoms with E-state index in [9.17, 15) is 19.1 Å². The molecular weight excluding hydrogens is 514 g/mol. The molecule has 2 aromatic heterocycles. The minimum absolute atomic E-state index is 0.0441. The Hall–Kier alpha value is -4.09. The lowest BCUT2D eigenvalue weighted by molar-refractivity contribution is 0.0557. The van der Waals surface area contributed by atoms with Crippen molar-refractivity contribution >= 4 is 17.2 Å². The molecule has 1 N–H and O–H groups in total. The first-order valence-electron chi connectivity index (χ1n) is 12.1. The Balaban J connectivity index is 1.59. The average Bonchev–Trinajstić information content (AvgIpc) is 3.21. The lowest BCUT2D eigenvalue weighted by atomic mass is 9.92. The second-order valence-electron chi connectivity index (χ2n) is 9.33. The number of carbonyl (C=O) groups is 1. The fraction of sp³-hybridized carbons (Fsp3) is 0.222. The summed E-state index contributed by atoms with van der Waals surface area (Å²) in [6, 6.07) is 10.6. The van der Waals surface area contributed by atoms with Crippen LogP contribution in [0.2, 0.25) is 0 Å². The van der Waals surface area contributed by atoms with Gasteiger partial charge in [-0.15, -0.1) is 11.3 Å². The first kappa shape index (κ1) is 23.1. The summed E-state index contributed by atoms with van der Waals surface area (Å²) in [6.07, 6.45) is 1.29. The smallest absolute Gasteiger partial charge is 0.278 e. The Kier molecular flexibility index (Phi) is 5.14. The number of halogens is 2. The predicted octanol–water partition coefficient (Wildman–Crippen LogP) is 3.87. The highest BCUT2D eigenvalue weighted by Crippen LogP contribution is 2.50. The van der Waals surface area contributed by atoms with E-state index in [-0.39, 0.29) is 24.4 Å². The van der Waals surface area contributed by atoms with Crippen molar-refractivity contribution in [2.24, 2.45) is 0 Å². The first-order chi connectivity index (χ1) is 18.5. The number of aromatic nitrogens is 2. The molecule has 7 rings (SSSR count). The summed E-state index contributed by atoms with van der Waals surface area (Å²) in [4.78, 5) is 32.7. The van der Waals surface area contributed by atoms with Gasteiger partial charge in [0.2, 0.25) is 5.43 Å². The van der Waals surface area contributed by atoms with Gasteiger partial charge >= 0.3 is 0 Å². The van der Waals surface area contributed by atoms with Crippen LogP contribution in [0.5, 0.6) is 5.75 Å². The molecule has 0 spiro atoms. The maximum Gasteiger partial charge on any atom is 0.278 e. The summed E-state index contributed by atoms with van der Waals surface area (Å²) in [6.45, 7) is 0.879. The summed E-state index contributed by atoms with van der Waals surface area (Å²) in [5, 5.41) is 12.6. The zero-order valence-corrected chi connectivity index (χ0v) is 20.6. The Bertz CT molecular complexity index is 1690. The zero-order valence-electron chi connectivity index (χ0n) is 19.8. The molecule has 1 fully saturated rings. The van der Waals surface area contributed by atoms with E-state index in [2.05, 4.69) is 4.98 Å². The van der Waals surface area contributed by atoms with Gasteiger partial charge in [-0.3, -0.25) is 19.3 Å². The van der Waals surface area contributed by atoms with E-state index in [1.807, 2.05) is 29.3 Å². The molecule has 2 aliphatic heterocycles. The Labute approximate surface area is 218 Å². The highest BCUT2D eigenvalue weighted by atomic mass is 32.1. The van der Waals surface area contributed by atoms with Crippen LogP contribution >= 0.6 is 11.3 Å². The lowest BCUT2D eigenvalue weighted by Gasteiger charge is -2.49. The number of fused-ring (bicyclic) bond motifs is 7. The molecule has 0 radical (unpaired) electrons. The summed E-state index contributed by atoms with van der Waals surface area (Å²) in [5.74, 6) is -3.17. The molecular formula is C27H20F2N4O4S. The van der Waals surface area contributed by atoms with E-state index in [1.165, 1.54) is 28.3 Å². The van der Waals surface area contributed by atoms with Gasteiger partial charge in [0, 0.05) is 30.8 Å². The number of hydrogen-bond acceptors (Lipinski definition) is 7. The first-order valence-corrected chi connectivity index (χ1v) is 13.0. The van der Waals surface area contributed by atoms with Crippen molar-refractivity contribution in [2.75, 3.05) is 24.8 Å². The molecule has 2 aromatic carbocycles. The molecule has 0 bridgehead atoms. The van der Waals surface area contributed by atoms with Crippen LogP contribution in [0.15, 0.2) is 59.0 Å². The number of carbonyl (C=O) groups excluding carboxylic acids is 1. The van der Waals surface area contributed by atoms with Gasteiger partial charge in [0.05, 0.1) is 35.3 Å². The second kappa shape index (κ2) is 8.47. The van der Waals surface area contributed by atoms with Crippen LogP contribution in [-0.4, -0.2) is 51.5 Å². The quantitative estimate of drug-likeness (QED) is 0.399. The second-order valence-corrected chi connectivity index (χ2v) is 10.2. The monoisotopic (exact) mass is 534 g/mol. The summed E-state index contributed by atoms with van der Waals surface area (Å²) in [7, 11) is 0. The van der Waals surface area contributed by atoms with Gasteiger partial charge in [-0.1, -0.05) is 30.3 Å². The third-order valence-corrected chi connectivity index (χ3v) is 8.28. The number of aromatic hydroxyl groups is 1. The van der Waals surface area contributed by atoms with Crippen molar-refractivity contribution in [3.8, 4) is 27.4 Å². The number of amides is 1. The Morgan fingerprint density at radius 2 is 1.89 bits per heavy atom. The van der Waals surface area contributed by atoms with Crippen LogP contribution in [0.3, 0.4) is 0 Å². The molecule has 8 nitrogen and oxygen atoms in total. The van der Waals surface area contributed by atoms with Gasteiger partial charge in [-0.05, 0) is 22.8 Å². The molecule has 0 saturated carbocycles. The molecule has 4 heterocycles. The Morgan fingerprint density at radius 1 is 1.05 bits per heavy atom. The number of thiazole rings is 1. The van der Waals surface area contributed by atoms with Crippen molar-refractivity contribution in [3.63, 3.8) is 0 Å². The topological polar surface area (TPSA) is 87.9 Å². The van der Waals surface area contributed by atoms with Crippen molar-refractivity contribution in [3.05, 3.63) is 92.9 Å². The largest absolute Gasteiger partial charge is 0.502 e. The number of rotatable bonds is 1. The predicted molar refractivity (Wildman–Crippen MR) is 136 cm³/mol. The van der Waals surface area contributed by atoms with Gasteiger partial charge in [-0.2, -0.15) is 0 Å². The highest BCUT2D eigenvalue weighted by molar-refractivity contribution is 7.13. The van der Waals surface area contributed by atoms with Crippen LogP contribution < -0.4 is 10.4 Å². The van der Waals surface area contributed by atoms with Crippen LogP contribution in [0.25, 0.3) is 21.7 Å². The molecule has 4 aromatic rings. The van der Waals surface area contributed by atoms with Crippen molar-refractivity contribution in [2.45, 2.75) is 18.6 Å². The molecule has 2 atom stereocenters. The summed E-state index contributed by atoms with van der Waals surface area (Å²) >= 11 is 1.33. The van der Waals surface area contributed by atoms with E-state index in [0.717, 1.165) is 17.2 Å². The number of benzene rings is 2. The van der Waals surface area contributed by atoms with Crippen molar-refractivity contribution in [1.29, 1.82) is 0 Å². The third-order valence-electron chi connectivity index (χ3n) is 7.42. The summed E-state index contributed by atoms with van der Waals surface area (Å²) < 4.78 is 37.5. The molecule has 1 aliphatic carbocycles. The normalized spacial score (nSPS) is 20.0. The van der Waals surface area contributed by atoms with Crippen LogP contribution in [0.4, 0.5) is 8.78 Å². The maximum atomic E-state index is 15.7. The number of pyridine rings is 1. The molecule has 0 unspecified atom stereocenters. The fourth-order valence-corrected chi connectivity index (χ4v) is 6.64.